The number of halogens is 1. The van der Waals surface area contributed by atoms with Crippen molar-refractivity contribution in [3.8, 4) is 0 Å². The zero-order valence-electron chi connectivity index (χ0n) is 10.6. The van der Waals surface area contributed by atoms with Crippen LogP contribution in [0.25, 0.3) is 0 Å². The number of rotatable bonds is 3. The van der Waals surface area contributed by atoms with Crippen LogP contribution < -0.4 is 5.32 Å². The van der Waals surface area contributed by atoms with Crippen LogP contribution in [0.3, 0.4) is 0 Å². The Morgan fingerprint density at radius 2 is 2.25 bits per heavy atom. The van der Waals surface area contributed by atoms with Crippen molar-refractivity contribution in [2.24, 2.45) is 7.05 Å². The van der Waals surface area contributed by atoms with Crippen LogP contribution in [0.4, 0.5) is 11.4 Å². The maximum absolute atomic E-state index is 12.1. The minimum Gasteiger partial charge on any atom is -0.319 e. The third kappa shape index (κ3) is 2.59. The van der Waals surface area contributed by atoms with Gasteiger partial charge in [-0.25, -0.2) is 4.98 Å². The fraction of sp³-hybridized carbons (Fsp3) is 0.182. The van der Waals surface area contributed by atoms with Crippen LogP contribution in [0, 0.1) is 17.0 Å². The number of carbonyl (C=O) groups excluding carboxylic acids is 1. The van der Waals surface area contributed by atoms with Crippen LogP contribution in [0.2, 0.25) is 5.15 Å². The molecule has 0 aliphatic carbocycles. The molecule has 8 nitrogen and oxygen atoms in total. The lowest BCUT2D eigenvalue weighted by atomic mass is 10.2. The van der Waals surface area contributed by atoms with Gasteiger partial charge in [0, 0.05) is 19.4 Å². The van der Waals surface area contributed by atoms with E-state index in [1.807, 2.05) is 0 Å². The number of aryl methyl sites for hydroxylation is 2. The third-order valence-electron chi connectivity index (χ3n) is 2.57. The smallest absolute Gasteiger partial charge is 0.319 e. The summed E-state index contributed by atoms with van der Waals surface area (Å²) in [5.74, 6) is -0.642. The molecule has 20 heavy (non-hydrogen) atoms. The molecule has 0 radical (unpaired) electrons. The highest BCUT2D eigenvalue weighted by atomic mass is 35.5. The molecule has 0 saturated carbocycles. The molecule has 104 valence electrons. The topological polar surface area (TPSA) is 103 Å². The Hall–Kier alpha value is -2.48. The summed E-state index contributed by atoms with van der Waals surface area (Å²) in [6.45, 7) is 1.71. The first-order chi connectivity index (χ1) is 9.40. The standard InChI is InChI=1S/C11H10ClN5O3/c1-6-8(5-16(2)15-6)14-11(18)7-3-4-13-10(12)9(7)17(19)20/h3-5H,1-2H3,(H,14,18). The van der Waals surface area contributed by atoms with Crippen molar-refractivity contribution in [3.63, 3.8) is 0 Å². The summed E-state index contributed by atoms with van der Waals surface area (Å²) in [6, 6.07) is 1.24. The van der Waals surface area contributed by atoms with Gasteiger partial charge >= 0.3 is 5.69 Å². The quantitative estimate of drug-likeness (QED) is 0.529. The van der Waals surface area contributed by atoms with Crippen molar-refractivity contribution in [2.75, 3.05) is 5.32 Å². The molecule has 2 heterocycles. The molecular weight excluding hydrogens is 286 g/mol. The highest BCUT2D eigenvalue weighted by molar-refractivity contribution is 6.32. The maximum atomic E-state index is 12.1. The van der Waals surface area contributed by atoms with E-state index in [9.17, 15) is 14.9 Å². The molecule has 2 aromatic rings. The van der Waals surface area contributed by atoms with E-state index >= 15 is 0 Å². The van der Waals surface area contributed by atoms with Crippen LogP contribution >= 0.6 is 11.6 Å². The number of carbonyl (C=O) groups is 1. The van der Waals surface area contributed by atoms with Crippen LogP contribution in [0.15, 0.2) is 18.5 Å². The summed E-state index contributed by atoms with van der Waals surface area (Å²) in [5.41, 5.74) is 0.398. The molecule has 0 aromatic carbocycles. The first-order valence-electron chi connectivity index (χ1n) is 5.50. The van der Waals surface area contributed by atoms with E-state index in [2.05, 4.69) is 15.4 Å². The van der Waals surface area contributed by atoms with Crippen LogP contribution in [-0.4, -0.2) is 25.6 Å². The third-order valence-corrected chi connectivity index (χ3v) is 2.85. The highest BCUT2D eigenvalue weighted by Gasteiger charge is 2.25. The van der Waals surface area contributed by atoms with E-state index in [-0.39, 0.29) is 10.7 Å². The van der Waals surface area contributed by atoms with E-state index in [4.69, 9.17) is 11.6 Å². The summed E-state index contributed by atoms with van der Waals surface area (Å²) in [4.78, 5) is 25.9. The van der Waals surface area contributed by atoms with Crippen molar-refractivity contribution >= 4 is 28.9 Å². The zero-order chi connectivity index (χ0) is 14.9. The average Bonchev–Trinajstić information content (AvgIpc) is 2.66. The molecule has 2 aromatic heterocycles. The van der Waals surface area contributed by atoms with Gasteiger partial charge in [0.05, 0.1) is 16.3 Å². The molecule has 0 saturated heterocycles. The summed E-state index contributed by atoms with van der Waals surface area (Å²) in [6.07, 6.45) is 2.84. The lowest BCUT2D eigenvalue weighted by Gasteiger charge is -2.04. The number of nitrogens with zero attached hydrogens (tertiary/aromatic N) is 4. The minimum atomic E-state index is -0.736. The molecule has 0 fully saturated rings. The van der Waals surface area contributed by atoms with Crippen LogP contribution in [0.1, 0.15) is 16.1 Å². The van der Waals surface area contributed by atoms with Crippen molar-refractivity contribution in [1.82, 2.24) is 14.8 Å². The van der Waals surface area contributed by atoms with Crippen LogP contribution in [0.5, 0.6) is 0 Å². The van der Waals surface area contributed by atoms with E-state index < -0.39 is 16.5 Å². The normalized spacial score (nSPS) is 10.3. The number of aromatic nitrogens is 3. The fourth-order valence-corrected chi connectivity index (χ4v) is 1.92. The Balaban J connectivity index is 2.37. The molecule has 0 bridgehead atoms. The molecule has 0 aliphatic heterocycles. The lowest BCUT2D eigenvalue weighted by Crippen LogP contribution is -2.14. The molecule has 1 N–H and O–H groups in total. The molecule has 9 heteroatoms. The Morgan fingerprint density at radius 3 is 2.80 bits per heavy atom. The van der Waals surface area contributed by atoms with Gasteiger partial charge in [0.15, 0.2) is 0 Å². The van der Waals surface area contributed by atoms with Crippen molar-refractivity contribution in [3.05, 3.63) is 45.0 Å². The molecule has 0 unspecified atom stereocenters. The number of hydrogen-bond acceptors (Lipinski definition) is 5. The van der Waals surface area contributed by atoms with Crippen molar-refractivity contribution < 1.29 is 9.72 Å². The second kappa shape index (κ2) is 5.25. The van der Waals surface area contributed by atoms with E-state index in [1.165, 1.54) is 16.9 Å². The summed E-state index contributed by atoms with van der Waals surface area (Å²) in [7, 11) is 1.70. The van der Waals surface area contributed by atoms with E-state index in [0.29, 0.717) is 11.4 Å². The minimum absolute atomic E-state index is 0.154. The molecular formula is C11H10ClN5O3. The Labute approximate surface area is 118 Å². The predicted octanol–water partition coefficient (Wildman–Crippen LogP) is 1.94. The van der Waals surface area contributed by atoms with Gasteiger partial charge in [-0.05, 0) is 13.0 Å². The van der Waals surface area contributed by atoms with E-state index in [0.717, 1.165) is 0 Å². The predicted molar refractivity (Wildman–Crippen MR) is 71.8 cm³/mol. The maximum Gasteiger partial charge on any atom is 0.319 e. The lowest BCUT2D eigenvalue weighted by molar-refractivity contribution is -0.385. The summed E-state index contributed by atoms with van der Waals surface area (Å²) in [5, 5.41) is 17.2. The van der Waals surface area contributed by atoms with Gasteiger partial charge in [-0.15, -0.1) is 0 Å². The average molecular weight is 296 g/mol. The first kappa shape index (κ1) is 13.9. The van der Waals surface area contributed by atoms with E-state index in [1.54, 1.807) is 20.2 Å². The molecule has 0 aliphatic rings. The number of nitrogens with one attached hydrogen (secondary N) is 1. The molecule has 0 spiro atoms. The second-order valence-corrected chi connectivity index (χ2v) is 4.37. The number of amides is 1. The highest BCUT2D eigenvalue weighted by Crippen LogP contribution is 2.26. The zero-order valence-corrected chi connectivity index (χ0v) is 11.4. The second-order valence-electron chi connectivity index (χ2n) is 4.01. The summed E-state index contributed by atoms with van der Waals surface area (Å²) >= 11 is 5.66. The fourth-order valence-electron chi connectivity index (χ4n) is 1.70. The SMILES string of the molecule is Cc1nn(C)cc1NC(=O)c1ccnc(Cl)c1[N+](=O)[O-]. The van der Waals surface area contributed by atoms with Gasteiger partial charge in [0.1, 0.15) is 5.56 Å². The first-order valence-corrected chi connectivity index (χ1v) is 5.88. The Kier molecular flexibility index (Phi) is 3.66. The Bertz CT molecular complexity index is 697. The number of anilines is 1. The Morgan fingerprint density at radius 1 is 1.55 bits per heavy atom. The monoisotopic (exact) mass is 295 g/mol. The van der Waals surface area contributed by atoms with Crippen LogP contribution in [-0.2, 0) is 7.05 Å². The van der Waals surface area contributed by atoms with Gasteiger partial charge in [0.2, 0.25) is 5.15 Å². The largest absolute Gasteiger partial charge is 0.319 e. The van der Waals surface area contributed by atoms with Gasteiger partial charge in [-0.2, -0.15) is 5.10 Å². The number of nitro groups is 1. The molecule has 0 atom stereocenters. The molecule has 2 rings (SSSR count). The van der Waals surface area contributed by atoms with Gasteiger partial charge in [-0.3, -0.25) is 19.6 Å². The van der Waals surface area contributed by atoms with Gasteiger partial charge in [0.25, 0.3) is 5.91 Å². The van der Waals surface area contributed by atoms with Gasteiger partial charge in [-0.1, -0.05) is 11.6 Å². The number of hydrogen-bond donors (Lipinski definition) is 1. The summed E-state index contributed by atoms with van der Waals surface area (Å²) < 4.78 is 1.53. The van der Waals surface area contributed by atoms with Gasteiger partial charge < -0.3 is 5.32 Å². The van der Waals surface area contributed by atoms with Crippen molar-refractivity contribution in [1.29, 1.82) is 0 Å². The number of pyridine rings is 1. The van der Waals surface area contributed by atoms with Crippen molar-refractivity contribution in [2.45, 2.75) is 6.92 Å². The molecule has 1 amide bonds.